The first-order valence-corrected chi connectivity index (χ1v) is 7.19. The molecule has 3 rings (SSSR count). The van der Waals surface area contributed by atoms with Crippen LogP contribution in [-0.2, 0) is 4.74 Å². The van der Waals surface area contributed by atoms with Crippen molar-refractivity contribution >= 4 is 5.97 Å². The van der Waals surface area contributed by atoms with Gasteiger partial charge in [0.15, 0.2) is 0 Å². The number of hydrogen-bond acceptors (Lipinski definition) is 3. The Labute approximate surface area is 114 Å². The highest BCUT2D eigenvalue weighted by Gasteiger charge is 2.34. The first kappa shape index (κ1) is 12.7. The molecule has 2 aliphatic rings. The first-order valence-electron chi connectivity index (χ1n) is 7.19. The third-order valence-corrected chi connectivity index (χ3v) is 4.47. The summed E-state index contributed by atoms with van der Waals surface area (Å²) in [6, 6.07) is 8.29. The molecule has 0 radical (unpaired) electrons. The Morgan fingerprint density at radius 2 is 1.89 bits per heavy atom. The molecule has 2 fully saturated rings. The number of nitrogens with one attached hydrogen (secondary N) is 1. The number of methoxy groups -OCH3 is 1. The maximum atomic E-state index is 11.4. The molecule has 1 heterocycles. The van der Waals surface area contributed by atoms with Gasteiger partial charge in [-0.25, -0.2) is 4.79 Å². The molecular weight excluding hydrogens is 238 g/mol. The van der Waals surface area contributed by atoms with Gasteiger partial charge in [-0.2, -0.15) is 0 Å². The van der Waals surface area contributed by atoms with Crippen molar-refractivity contribution in [3.63, 3.8) is 0 Å². The van der Waals surface area contributed by atoms with Gasteiger partial charge >= 0.3 is 5.97 Å². The molecule has 3 nitrogen and oxygen atoms in total. The van der Waals surface area contributed by atoms with E-state index in [0.717, 1.165) is 18.4 Å². The van der Waals surface area contributed by atoms with Crippen LogP contribution in [0.2, 0.25) is 0 Å². The fraction of sp³-hybridized carbons (Fsp3) is 0.562. The number of carbonyl (C=O) groups is 1. The lowest BCUT2D eigenvalue weighted by Crippen LogP contribution is -2.32. The van der Waals surface area contributed by atoms with Crippen LogP contribution in [0.3, 0.4) is 0 Å². The Hall–Kier alpha value is -1.35. The fourth-order valence-electron chi connectivity index (χ4n) is 3.17. The number of ether oxygens (including phenoxy) is 1. The van der Waals surface area contributed by atoms with Gasteiger partial charge in [0.2, 0.25) is 0 Å². The van der Waals surface area contributed by atoms with Crippen molar-refractivity contribution in [2.75, 3.05) is 13.7 Å². The second-order valence-electron chi connectivity index (χ2n) is 5.74. The van der Waals surface area contributed by atoms with Crippen LogP contribution in [0.4, 0.5) is 0 Å². The molecule has 1 saturated heterocycles. The standard InChI is InChI=1S/C16H21NO2/c1-19-16(18)13-6-4-12(5-7-13)15-10-14(8-9-17-15)11-2-3-11/h4-7,11,14-15,17H,2-3,8-10H2,1H3/t14?,15-/m0/s1. The van der Waals surface area contributed by atoms with E-state index in [1.165, 1.54) is 38.4 Å². The van der Waals surface area contributed by atoms with Crippen LogP contribution in [0, 0.1) is 11.8 Å². The largest absolute Gasteiger partial charge is 0.465 e. The van der Waals surface area contributed by atoms with Crippen molar-refractivity contribution in [1.29, 1.82) is 0 Å². The predicted octanol–water partition coefficient (Wildman–Crippen LogP) is 2.92. The Bertz CT molecular complexity index is 450. The second-order valence-corrected chi connectivity index (χ2v) is 5.74. The number of hydrogen-bond donors (Lipinski definition) is 1. The normalized spacial score (nSPS) is 27.0. The van der Waals surface area contributed by atoms with Gasteiger partial charge in [-0.1, -0.05) is 12.1 Å². The highest BCUT2D eigenvalue weighted by atomic mass is 16.5. The van der Waals surface area contributed by atoms with Gasteiger partial charge in [-0.3, -0.25) is 0 Å². The lowest BCUT2D eigenvalue weighted by atomic mass is 9.85. The molecule has 1 N–H and O–H groups in total. The third-order valence-electron chi connectivity index (χ3n) is 4.47. The molecule has 1 unspecified atom stereocenters. The van der Waals surface area contributed by atoms with Gasteiger partial charge in [0.25, 0.3) is 0 Å². The highest BCUT2D eigenvalue weighted by Crippen LogP contribution is 2.44. The van der Waals surface area contributed by atoms with E-state index < -0.39 is 0 Å². The van der Waals surface area contributed by atoms with Gasteiger partial charge in [0.05, 0.1) is 12.7 Å². The summed E-state index contributed by atoms with van der Waals surface area (Å²) in [5, 5.41) is 3.59. The van der Waals surface area contributed by atoms with Crippen LogP contribution < -0.4 is 5.32 Å². The summed E-state index contributed by atoms with van der Waals surface area (Å²) in [6.07, 6.45) is 5.42. The summed E-state index contributed by atoms with van der Waals surface area (Å²) in [4.78, 5) is 11.4. The molecule has 1 aromatic carbocycles. The summed E-state index contributed by atoms with van der Waals surface area (Å²) in [5.41, 5.74) is 1.92. The smallest absolute Gasteiger partial charge is 0.337 e. The molecule has 102 valence electrons. The average Bonchev–Trinajstić information content (AvgIpc) is 3.31. The van der Waals surface area contributed by atoms with E-state index in [-0.39, 0.29) is 5.97 Å². The minimum absolute atomic E-state index is 0.265. The molecule has 0 spiro atoms. The van der Waals surface area contributed by atoms with E-state index >= 15 is 0 Å². The summed E-state index contributed by atoms with van der Waals surface area (Å²) in [6.45, 7) is 1.12. The number of benzene rings is 1. The minimum atomic E-state index is -0.265. The van der Waals surface area contributed by atoms with Gasteiger partial charge < -0.3 is 10.1 Å². The van der Waals surface area contributed by atoms with Crippen LogP contribution in [0.15, 0.2) is 24.3 Å². The molecule has 3 heteroatoms. The SMILES string of the molecule is COC(=O)c1ccc([C@@H]2CC(C3CC3)CCN2)cc1. The molecule has 1 aliphatic heterocycles. The van der Waals surface area contributed by atoms with Crippen molar-refractivity contribution in [3.05, 3.63) is 35.4 Å². The molecule has 0 aromatic heterocycles. The second kappa shape index (κ2) is 5.33. The van der Waals surface area contributed by atoms with Gasteiger partial charge in [0.1, 0.15) is 0 Å². The first-order chi connectivity index (χ1) is 9.28. The van der Waals surface area contributed by atoms with Gasteiger partial charge in [-0.05, 0) is 61.8 Å². The quantitative estimate of drug-likeness (QED) is 0.848. The zero-order chi connectivity index (χ0) is 13.2. The van der Waals surface area contributed by atoms with E-state index in [0.29, 0.717) is 11.6 Å². The zero-order valence-corrected chi connectivity index (χ0v) is 11.4. The van der Waals surface area contributed by atoms with E-state index in [1.807, 2.05) is 12.1 Å². The lowest BCUT2D eigenvalue weighted by molar-refractivity contribution is 0.0600. The van der Waals surface area contributed by atoms with Crippen LogP contribution >= 0.6 is 0 Å². The predicted molar refractivity (Wildman–Crippen MR) is 74.0 cm³/mol. The van der Waals surface area contributed by atoms with Gasteiger partial charge in [-0.15, -0.1) is 0 Å². The van der Waals surface area contributed by atoms with Crippen molar-refractivity contribution < 1.29 is 9.53 Å². The zero-order valence-electron chi connectivity index (χ0n) is 11.4. The number of piperidine rings is 1. The van der Waals surface area contributed by atoms with E-state index in [9.17, 15) is 4.79 Å². The molecule has 1 saturated carbocycles. The summed E-state index contributed by atoms with van der Waals surface area (Å²) in [5.74, 6) is 1.62. The Morgan fingerprint density at radius 1 is 1.16 bits per heavy atom. The van der Waals surface area contributed by atoms with Crippen molar-refractivity contribution in [1.82, 2.24) is 5.32 Å². The number of carbonyl (C=O) groups excluding carboxylic acids is 1. The Morgan fingerprint density at radius 3 is 2.53 bits per heavy atom. The number of rotatable bonds is 3. The number of esters is 1. The van der Waals surface area contributed by atoms with Crippen molar-refractivity contribution in [2.45, 2.75) is 31.7 Å². The van der Waals surface area contributed by atoms with E-state index in [2.05, 4.69) is 17.4 Å². The molecule has 0 bridgehead atoms. The summed E-state index contributed by atoms with van der Waals surface area (Å²) >= 11 is 0. The minimum Gasteiger partial charge on any atom is -0.465 e. The molecular formula is C16H21NO2. The average molecular weight is 259 g/mol. The molecule has 2 atom stereocenters. The monoisotopic (exact) mass is 259 g/mol. The summed E-state index contributed by atoms with van der Waals surface area (Å²) < 4.78 is 4.72. The van der Waals surface area contributed by atoms with Crippen LogP contribution in [0.25, 0.3) is 0 Å². The highest BCUT2D eigenvalue weighted by molar-refractivity contribution is 5.89. The molecule has 0 amide bonds. The van der Waals surface area contributed by atoms with E-state index in [4.69, 9.17) is 4.74 Å². The fourth-order valence-corrected chi connectivity index (χ4v) is 3.17. The maximum Gasteiger partial charge on any atom is 0.337 e. The van der Waals surface area contributed by atoms with Crippen LogP contribution in [-0.4, -0.2) is 19.6 Å². The Balaban J connectivity index is 1.69. The van der Waals surface area contributed by atoms with E-state index in [1.54, 1.807) is 0 Å². The van der Waals surface area contributed by atoms with Crippen LogP contribution in [0.5, 0.6) is 0 Å². The molecule has 1 aliphatic carbocycles. The Kier molecular flexibility index (Phi) is 3.56. The van der Waals surface area contributed by atoms with Crippen molar-refractivity contribution in [2.24, 2.45) is 11.8 Å². The lowest BCUT2D eigenvalue weighted by Gasteiger charge is -2.30. The topological polar surface area (TPSA) is 38.3 Å². The summed E-state index contributed by atoms with van der Waals surface area (Å²) in [7, 11) is 1.42. The van der Waals surface area contributed by atoms with Crippen molar-refractivity contribution in [3.8, 4) is 0 Å². The molecule has 1 aromatic rings. The maximum absolute atomic E-state index is 11.4. The van der Waals surface area contributed by atoms with Crippen LogP contribution in [0.1, 0.15) is 47.6 Å². The van der Waals surface area contributed by atoms with Gasteiger partial charge in [0, 0.05) is 6.04 Å². The third kappa shape index (κ3) is 2.81. The molecule has 19 heavy (non-hydrogen) atoms.